The minimum absolute atomic E-state index is 0.0882. The first-order chi connectivity index (χ1) is 13.3. The summed E-state index contributed by atoms with van der Waals surface area (Å²) in [6.45, 7) is 7.86. The van der Waals surface area contributed by atoms with Gasteiger partial charge in [0.2, 0.25) is 0 Å². The highest BCUT2D eigenvalue weighted by Crippen LogP contribution is 2.43. The maximum Gasteiger partial charge on any atom is 0.146 e. The average molecular weight is 370 g/mol. The van der Waals surface area contributed by atoms with E-state index >= 15 is 0 Å². The van der Waals surface area contributed by atoms with Crippen LogP contribution in [0.15, 0.2) is 36.4 Å². The van der Waals surface area contributed by atoms with E-state index in [1.807, 2.05) is 12.1 Å². The zero-order valence-electron chi connectivity index (χ0n) is 16.3. The second-order valence-corrected chi connectivity index (χ2v) is 9.05. The molecule has 0 radical (unpaired) electrons. The number of hydrogen-bond donors (Lipinski definition) is 0. The van der Waals surface area contributed by atoms with Crippen molar-refractivity contribution in [3.63, 3.8) is 0 Å². The molecule has 0 aromatic heterocycles. The predicted molar refractivity (Wildman–Crippen MR) is 108 cm³/mol. The van der Waals surface area contributed by atoms with Crippen LogP contribution < -0.4 is 4.90 Å². The number of anilines is 1. The standard InChI is InChI=1S/C23H32FN3/c24-22-3-1-2-4-23(22)27-13-11-26(12-14-27)21-7-9-25(10-8-21)17-20-16-18-5-6-19(20)15-18/h1-6,18-21H,7-17H2/t18-,19-,20+/m1/s1. The van der Waals surface area contributed by atoms with Gasteiger partial charge in [0.25, 0.3) is 0 Å². The van der Waals surface area contributed by atoms with E-state index < -0.39 is 0 Å². The van der Waals surface area contributed by atoms with Crippen molar-refractivity contribution in [1.29, 1.82) is 0 Å². The van der Waals surface area contributed by atoms with E-state index in [0.29, 0.717) is 0 Å². The first-order valence-corrected chi connectivity index (χ1v) is 10.9. The van der Waals surface area contributed by atoms with Gasteiger partial charge in [-0.05, 0) is 68.7 Å². The number of rotatable bonds is 4. The number of likely N-dealkylation sites (tertiary alicyclic amines) is 1. The van der Waals surface area contributed by atoms with E-state index in [-0.39, 0.29) is 5.82 Å². The summed E-state index contributed by atoms with van der Waals surface area (Å²) >= 11 is 0. The Hall–Kier alpha value is -1.39. The first kappa shape index (κ1) is 17.7. The molecular formula is C23H32FN3. The van der Waals surface area contributed by atoms with E-state index in [1.165, 1.54) is 45.3 Å². The molecule has 0 spiro atoms. The number of nitrogens with zero attached hydrogens (tertiary/aromatic N) is 3. The number of allylic oxidation sites excluding steroid dienone is 2. The van der Waals surface area contributed by atoms with Gasteiger partial charge in [-0.2, -0.15) is 0 Å². The van der Waals surface area contributed by atoms with Crippen molar-refractivity contribution >= 4 is 5.69 Å². The van der Waals surface area contributed by atoms with Gasteiger partial charge in [0.05, 0.1) is 5.69 Å². The minimum Gasteiger partial charge on any atom is -0.367 e. The fourth-order valence-corrected chi connectivity index (χ4v) is 5.94. The number of hydrogen-bond acceptors (Lipinski definition) is 3. The number of piperidine rings is 1. The van der Waals surface area contributed by atoms with Crippen LogP contribution in [0.25, 0.3) is 0 Å². The van der Waals surface area contributed by atoms with Crippen LogP contribution in [0.2, 0.25) is 0 Å². The summed E-state index contributed by atoms with van der Waals surface area (Å²) in [5, 5.41) is 0. The molecule has 3 atom stereocenters. The highest BCUT2D eigenvalue weighted by atomic mass is 19.1. The topological polar surface area (TPSA) is 9.72 Å². The molecule has 5 rings (SSSR count). The SMILES string of the molecule is Fc1ccccc1N1CCN(C2CCN(C[C@@H]3C[C@@H]4C=C[C@@H]3C4)CC2)CC1. The summed E-state index contributed by atoms with van der Waals surface area (Å²) in [5.41, 5.74) is 0.770. The third kappa shape index (κ3) is 3.66. The lowest BCUT2D eigenvalue weighted by molar-refractivity contribution is 0.0918. The maximum atomic E-state index is 14.0. The Balaban J connectivity index is 1.08. The summed E-state index contributed by atoms with van der Waals surface area (Å²) in [6, 6.07) is 7.92. The molecule has 4 heteroatoms. The Labute approximate surface area is 162 Å². The van der Waals surface area contributed by atoms with Crippen molar-refractivity contribution in [2.24, 2.45) is 17.8 Å². The molecular weight excluding hydrogens is 337 g/mol. The van der Waals surface area contributed by atoms with Crippen molar-refractivity contribution in [2.45, 2.75) is 31.7 Å². The van der Waals surface area contributed by atoms with Gasteiger partial charge in [-0.3, -0.25) is 4.90 Å². The van der Waals surface area contributed by atoms with Crippen molar-refractivity contribution in [1.82, 2.24) is 9.80 Å². The maximum absolute atomic E-state index is 14.0. The van der Waals surface area contributed by atoms with Gasteiger partial charge >= 0.3 is 0 Å². The van der Waals surface area contributed by atoms with Crippen LogP contribution in [0.3, 0.4) is 0 Å². The molecule has 2 heterocycles. The smallest absolute Gasteiger partial charge is 0.146 e. The molecule has 2 aliphatic heterocycles. The number of halogens is 1. The van der Waals surface area contributed by atoms with Crippen LogP contribution in [-0.2, 0) is 0 Å². The Morgan fingerprint density at radius 3 is 2.33 bits per heavy atom. The summed E-state index contributed by atoms with van der Waals surface area (Å²) in [5.74, 6) is 2.60. The van der Waals surface area contributed by atoms with Crippen LogP contribution in [0.4, 0.5) is 10.1 Å². The van der Waals surface area contributed by atoms with Crippen molar-refractivity contribution in [3.8, 4) is 0 Å². The number of benzene rings is 1. The van der Waals surface area contributed by atoms with Crippen molar-refractivity contribution < 1.29 is 4.39 Å². The van der Waals surface area contributed by atoms with Crippen LogP contribution >= 0.6 is 0 Å². The second kappa shape index (κ2) is 7.56. The van der Waals surface area contributed by atoms with Gasteiger partial charge in [-0.15, -0.1) is 0 Å². The Kier molecular flexibility index (Phi) is 4.95. The summed E-state index contributed by atoms with van der Waals surface area (Å²) < 4.78 is 14.0. The molecule has 0 N–H and O–H groups in total. The van der Waals surface area contributed by atoms with E-state index in [4.69, 9.17) is 0 Å². The van der Waals surface area contributed by atoms with E-state index in [9.17, 15) is 4.39 Å². The number of para-hydroxylation sites is 1. The van der Waals surface area contributed by atoms with Gasteiger partial charge in [0, 0.05) is 38.8 Å². The minimum atomic E-state index is -0.0882. The molecule has 2 aliphatic carbocycles. The second-order valence-electron chi connectivity index (χ2n) is 9.05. The van der Waals surface area contributed by atoms with Crippen LogP contribution in [0.1, 0.15) is 25.7 Å². The zero-order chi connectivity index (χ0) is 18.2. The predicted octanol–water partition coefficient (Wildman–Crippen LogP) is 3.62. The van der Waals surface area contributed by atoms with Crippen LogP contribution in [0, 0.1) is 23.6 Å². The fourth-order valence-electron chi connectivity index (χ4n) is 5.94. The van der Waals surface area contributed by atoms with E-state index in [0.717, 1.165) is 55.7 Å². The largest absolute Gasteiger partial charge is 0.367 e. The molecule has 0 amide bonds. The van der Waals surface area contributed by atoms with E-state index in [2.05, 4.69) is 26.9 Å². The van der Waals surface area contributed by atoms with Gasteiger partial charge in [-0.1, -0.05) is 24.3 Å². The Morgan fingerprint density at radius 2 is 1.67 bits per heavy atom. The quantitative estimate of drug-likeness (QED) is 0.751. The molecule has 2 bridgehead atoms. The fraction of sp³-hybridized carbons (Fsp3) is 0.652. The van der Waals surface area contributed by atoms with Crippen LogP contribution in [0.5, 0.6) is 0 Å². The monoisotopic (exact) mass is 369 g/mol. The number of fused-ring (bicyclic) bond motifs is 2. The van der Waals surface area contributed by atoms with Gasteiger partial charge < -0.3 is 9.80 Å². The van der Waals surface area contributed by atoms with Gasteiger partial charge in [0.1, 0.15) is 5.82 Å². The molecule has 3 nitrogen and oxygen atoms in total. The Morgan fingerprint density at radius 1 is 0.889 bits per heavy atom. The molecule has 3 fully saturated rings. The molecule has 27 heavy (non-hydrogen) atoms. The lowest BCUT2D eigenvalue weighted by Gasteiger charge is -2.44. The van der Waals surface area contributed by atoms with Gasteiger partial charge in [0.15, 0.2) is 0 Å². The summed E-state index contributed by atoms with van der Waals surface area (Å²) in [4.78, 5) is 7.60. The highest BCUT2D eigenvalue weighted by Gasteiger charge is 2.37. The summed E-state index contributed by atoms with van der Waals surface area (Å²) in [7, 11) is 0. The molecule has 146 valence electrons. The molecule has 2 saturated heterocycles. The number of piperazine rings is 1. The lowest BCUT2D eigenvalue weighted by Crippen LogP contribution is -2.53. The lowest BCUT2D eigenvalue weighted by atomic mass is 9.92. The molecule has 1 saturated carbocycles. The molecule has 0 unspecified atom stereocenters. The Bertz CT molecular complexity index is 674. The molecule has 1 aromatic carbocycles. The van der Waals surface area contributed by atoms with Gasteiger partial charge in [-0.25, -0.2) is 4.39 Å². The van der Waals surface area contributed by atoms with Crippen LogP contribution in [-0.4, -0.2) is 61.7 Å². The van der Waals surface area contributed by atoms with E-state index in [1.54, 1.807) is 12.1 Å². The first-order valence-electron chi connectivity index (χ1n) is 10.9. The molecule has 1 aromatic rings. The van der Waals surface area contributed by atoms with Crippen molar-refractivity contribution in [3.05, 3.63) is 42.2 Å². The zero-order valence-corrected chi connectivity index (χ0v) is 16.3. The van der Waals surface area contributed by atoms with Crippen molar-refractivity contribution in [2.75, 3.05) is 50.7 Å². The summed E-state index contributed by atoms with van der Waals surface area (Å²) in [6.07, 6.45) is 10.4. The third-order valence-corrected chi connectivity index (χ3v) is 7.49. The molecule has 4 aliphatic rings. The average Bonchev–Trinajstić information content (AvgIpc) is 3.32. The highest BCUT2D eigenvalue weighted by molar-refractivity contribution is 5.48. The third-order valence-electron chi connectivity index (χ3n) is 7.49. The normalized spacial score (nSPS) is 32.5.